The molecule has 0 aliphatic rings. The van der Waals surface area contributed by atoms with Gasteiger partial charge in [-0.1, -0.05) is 23.7 Å². The smallest absolute Gasteiger partial charge is 0.261 e. The molecule has 110 valence electrons. The van der Waals surface area contributed by atoms with Gasteiger partial charge < -0.3 is 0 Å². The molecule has 0 fully saturated rings. The first kappa shape index (κ1) is 15.5. The highest BCUT2D eigenvalue weighted by Gasteiger charge is 2.17. The second-order valence-electron chi connectivity index (χ2n) is 4.46. The largest absolute Gasteiger partial charge is 0.295 e. The molecule has 0 saturated heterocycles. The highest BCUT2D eigenvalue weighted by molar-refractivity contribution is 7.92. The SMILES string of the molecule is CC(=O)c1cccc(S(=O)(=O)Nc2ccc(Cl)nc2C)c1. The van der Waals surface area contributed by atoms with Crippen molar-refractivity contribution in [1.82, 2.24) is 4.98 Å². The molecule has 0 saturated carbocycles. The van der Waals surface area contributed by atoms with Gasteiger partial charge in [-0.3, -0.25) is 9.52 Å². The molecular formula is C14H13ClN2O3S. The third kappa shape index (κ3) is 3.59. The Morgan fingerprint density at radius 2 is 1.95 bits per heavy atom. The number of nitrogens with one attached hydrogen (secondary N) is 1. The summed E-state index contributed by atoms with van der Waals surface area (Å²) in [7, 11) is -3.79. The third-order valence-electron chi connectivity index (χ3n) is 2.85. The van der Waals surface area contributed by atoms with Gasteiger partial charge in [0.1, 0.15) is 5.15 Å². The average Bonchev–Trinajstić information content (AvgIpc) is 2.42. The van der Waals surface area contributed by atoms with Gasteiger partial charge in [0.2, 0.25) is 0 Å². The summed E-state index contributed by atoms with van der Waals surface area (Å²) in [6, 6.07) is 8.89. The number of ketones is 1. The standard InChI is InChI=1S/C14H13ClN2O3S/c1-9-13(6-7-14(15)16-9)17-21(19,20)12-5-3-4-11(8-12)10(2)18/h3-8,17H,1-2H3. The first-order valence-electron chi connectivity index (χ1n) is 6.06. The number of aryl methyl sites for hydroxylation is 1. The lowest BCUT2D eigenvalue weighted by molar-refractivity contribution is 0.101. The number of carbonyl (C=O) groups excluding carboxylic acids is 1. The molecule has 0 atom stereocenters. The zero-order chi connectivity index (χ0) is 15.6. The molecule has 0 unspecified atom stereocenters. The lowest BCUT2D eigenvalue weighted by Crippen LogP contribution is -2.14. The number of halogens is 1. The fourth-order valence-electron chi connectivity index (χ4n) is 1.72. The van der Waals surface area contributed by atoms with Crippen molar-refractivity contribution in [1.29, 1.82) is 0 Å². The maximum Gasteiger partial charge on any atom is 0.261 e. The van der Waals surface area contributed by atoms with Crippen LogP contribution in [0, 0.1) is 6.92 Å². The van der Waals surface area contributed by atoms with E-state index in [-0.39, 0.29) is 15.8 Å². The van der Waals surface area contributed by atoms with E-state index in [9.17, 15) is 13.2 Å². The van der Waals surface area contributed by atoms with Gasteiger partial charge >= 0.3 is 0 Å². The van der Waals surface area contributed by atoms with Crippen LogP contribution in [0.25, 0.3) is 0 Å². The normalized spacial score (nSPS) is 11.2. The second kappa shape index (κ2) is 5.83. The van der Waals surface area contributed by atoms with Crippen LogP contribution in [0.15, 0.2) is 41.3 Å². The number of Topliss-reactive ketones (excluding diaryl/α,β-unsaturated/α-hetero) is 1. The summed E-state index contributed by atoms with van der Waals surface area (Å²) < 4.78 is 27.1. The first-order chi connectivity index (χ1) is 9.79. The van der Waals surface area contributed by atoms with Crippen molar-refractivity contribution in [3.05, 3.63) is 52.8 Å². The molecule has 1 heterocycles. The van der Waals surface area contributed by atoms with E-state index in [2.05, 4.69) is 9.71 Å². The molecule has 1 aromatic heterocycles. The van der Waals surface area contributed by atoms with Crippen LogP contribution in [-0.4, -0.2) is 19.2 Å². The first-order valence-corrected chi connectivity index (χ1v) is 7.93. The van der Waals surface area contributed by atoms with Crippen LogP contribution in [-0.2, 0) is 10.0 Å². The highest BCUT2D eigenvalue weighted by atomic mass is 35.5. The number of benzene rings is 1. The molecule has 1 N–H and O–H groups in total. The van der Waals surface area contributed by atoms with Crippen LogP contribution < -0.4 is 4.72 Å². The number of pyridine rings is 1. The fourth-order valence-corrected chi connectivity index (χ4v) is 3.08. The summed E-state index contributed by atoms with van der Waals surface area (Å²) in [5.74, 6) is -0.198. The summed E-state index contributed by atoms with van der Waals surface area (Å²) in [4.78, 5) is 15.3. The predicted octanol–water partition coefficient (Wildman–Crippen LogP) is 3.05. The van der Waals surface area contributed by atoms with Gasteiger partial charge in [0.05, 0.1) is 16.3 Å². The van der Waals surface area contributed by atoms with E-state index in [0.717, 1.165) is 0 Å². The van der Waals surface area contributed by atoms with Gasteiger partial charge in [-0.2, -0.15) is 0 Å². The predicted molar refractivity (Wildman–Crippen MR) is 81.2 cm³/mol. The molecule has 0 aliphatic carbocycles. The van der Waals surface area contributed by atoms with Crippen molar-refractivity contribution in [3.8, 4) is 0 Å². The molecule has 21 heavy (non-hydrogen) atoms. The van der Waals surface area contributed by atoms with Crippen LogP contribution in [0.5, 0.6) is 0 Å². The van der Waals surface area contributed by atoms with Crippen LogP contribution >= 0.6 is 11.6 Å². The monoisotopic (exact) mass is 324 g/mol. The van der Waals surface area contributed by atoms with E-state index in [1.165, 1.54) is 37.3 Å². The molecule has 2 aromatic rings. The number of rotatable bonds is 4. The number of hydrogen-bond acceptors (Lipinski definition) is 4. The Labute approximate surface area is 128 Å². The number of nitrogens with zero attached hydrogens (tertiary/aromatic N) is 1. The summed E-state index contributed by atoms with van der Waals surface area (Å²) >= 11 is 5.73. The van der Waals surface area contributed by atoms with E-state index in [1.54, 1.807) is 13.0 Å². The zero-order valence-electron chi connectivity index (χ0n) is 11.4. The minimum absolute atomic E-state index is 0.0181. The zero-order valence-corrected chi connectivity index (χ0v) is 13.0. The quantitative estimate of drug-likeness (QED) is 0.692. The van der Waals surface area contributed by atoms with Crippen molar-refractivity contribution >= 4 is 33.1 Å². The molecule has 1 aromatic carbocycles. The van der Waals surface area contributed by atoms with Gasteiger partial charge in [-0.05, 0) is 38.1 Å². The van der Waals surface area contributed by atoms with Crippen molar-refractivity contribution < 1.29 is 13.2 Å². The summed E-state index contributed by atoms with van der Waals surface area (Å²) in [6.45, 7) is 3.03. The molecule has 0 radical (unpaired) electrons. The summed E-state index contributed by atoms with van der Waals surface area (Å²) in [5, 5.41) is 0.286. The van der Waals surface area contributed by atoms with Crippen molar-refractivity contribution in [3.63, 3.8) is 0 Å². The minimum atomic E-state index is -3.79. The molecule has 0 bridgehead atoms. The summed E-state index contributed by atoms with van der Waals surface area (Å²) in [6.07, 6.45) is 0. The van der Waals surface area contributed by atoms with Crippen LogP contribution in [0.2, 0.25) is 5.15 Å². The van der Waals surface area contributed by atoms with Gasteiger partial charge in [-0.15, -0.1) is 0 Å². The Hall–Kier alpha value is -1.92. The molecule has 0 amide bonds. The Morgan fingerprint density at radius 3 is 2.57 bits per heavy atom. The van der Waals surface area contributed by atoms with Crippen molar-refractivity contribution in [2.75, 3.05) is 4.72 Å². The molecule has 5 nitrogen and oxygen atoms in total. The fraction of sp³-hybridized carbons (Fsp3) is 0.143. The van der Waals surface area contributed by atoms with Crippen LogP contribution in [0.1, 0.15) is 23.0 Å². The number of aromatic nitrogens is 1. The number of hydrogen-bond donors (Lipinski definition) is 1. The maximum absolute atomic E-state index is 12.3. The van der Waals surface area contributed by atoms with Gasteiger partial charge in [0.25, 0.3) is 10.0 Å². The van der Waals surface area contributed by atoms with Crippen LogP contribution in [0.3, 0.4) is 0 Å². The third-order valence-corrected chi connectivity index (χ3v) is 4.42. The van der Waals surface area contributed by atoms with Crippen LogP contribution in [0.4, 0.5) is 5.69 Å². The Morgan fingerprint density at radius 1 is 1.24 bits per heavy atom. The van der Waals surface area contributed by atoms with E-state index < -0.39 is 10.0 Å². The molecule has 7 heteroatoms. The van der Waals surface area contributed by atoms with E-state index in [1.807, 2.05) is 0 Å². The van der Waals surface area contributed by atoms with Crippen molar-refractivity contribution in [2.24, 2.45) is 0 Å². The lowest BCUT2D eigenvalue weighted by Gasteiger charge is -2.10. The van der Waals surface area contributed by atoms with Crippen molar-refractivity contribution in [2.45, 2.75) is 18.7 Å². The molecule has 0 spiro atoms. The van der Waals surface area contributed by atoms with E-state index >= 15 is 0 Å². The topological polar surface area (TPSA) is 76.1 Å². The highest BCUT2D eigenvalue weighted by Crippen LogP contribution is 2.21. The number of anilines is 1. The second-order valence-corrected chi connectivity index (χ2v) is 6.53. The minimum Gasteiger partial charge on any atom is -0.295 e. The van der Waals surface area contributed by atoms with Gasteiger partial charge in [-0.25, -0.2) is 13.4 Å². The molecular weight excluding hydrogens is 312 g/mol. The Kier molecular flexibility index (Phi) is 4.29. The van der Waals surface area contributed by atoms with E-state index in [4.69, 9.17) is 11.6 Å². The lowest BCUT2D eigenvalue weighted by atomic mass is 10.2. The molecule has 0 aliphatic heterocycles. The Bertz CT molecular complexity index is 804. The summed E-state index contributed by atoms with van der Waals surface area (Å²) in [5.41, 5.74) is 1.14. The Balaban J connectivity index is 2.38. The molecule has 2 rings (SSSR count). The number of sulfonamides is 1. The maximum atomic E-state index is 12.3. The number of carbonyl (C=O) groups is 1. The van der Waals surface area contributed by atoms with Gasteiger partial charge in [0, 0.05) is 5.56 Å². The average molecular weight is 325 g/mol. The van der Waals surface area contributed by atoms with E-state index in [0.29, 0.717) is 16.9 Å². The van der Waals surface area contributed by atoms with Gasteiger partial charge in [0.15, 0.2) is 5.78 Å².